The van der Waals surface area contributed by atoms with E-state index in [4.69, 9.17) is 4.74 Å². The summed E-state index contributed by atoms with van der Waals surface area (Å²) >= 11 is 1.23. The van der Waals surface area contributed by atoms with Crippen LogP contribution in [-0.2, 0) is 9.59 Å². The van der Waals surface area contributed by atoms with Gasteiger partial charge < -0.3 is 10.1 Å². The molecule has 9 heteroatoms. The van der Waals surface area contributed by atoms with Gasteiger partial charge in [0, 0.05) is 22.9 Å². The number of nitrogens with zero attached hydrogens (tertiary/aromatic N) is 2. The minimum absolute atomic E-state index is 0.0353. The van der Waals surface area contributed by atoms with Crippen molar-refractivity contribution < 1.29 is 23.5 Å². The van der Waals surface area contributed by atoms with Crippen LogP contribution in [0.5, 0.6) is 5.75 Å². The van der Waals surface area contributed by atoms with E-state index in [1.54, 1.807) is 42.6 Å². The number of ketones is 1. The number of hydrogen-bond acceptors (Lipinski definition) is 6. The van der Waals surface area contributed by atoms with E-state index in [2.05, 4.69) is 10.3 Å². The van der Waals surface area contributed by atoms with Crippen LogP contribution in [0.3, 0.4) is 0 Å². The van der Waals surface area contributed by atoms with Crippen molar-refractivity contribution in [3.8, 4) is 17.0 Å². The SMILES string of the molecule is CCCC(=O)c1ccc2c(c1)N(CC(=O)Nc1nc(-c3ccc(F)cc3)cs1)C(=O)C(C)O2. The summed E-state index contributed by atoms with van der Waals surface area (Å²) in [7, 11) is 0. The molecule has 0 radical (unpaired) electrons. The average molecular weight is 468 g/mol. The van der Waals surface area contributed by atoms with Gasteiger partial charge in [-0.1, -0.05) is 6.92 Å². The van der Waals surface area contributed by atoms with E-state index in [1.165, 1.54) is 28.4 Å². The molecule has 33 heavy (non-hydrogen) atoms. The topological polar surface area (TPSA) is 88.6 Å². The second-order valence-electron chi connectivity index (χ2n) is 7.63. The lowest BCUT2D eigenvalue weighted by molar-refractivity contribution is -0.127. The summed E-state index contributed by atoms with van der Waals surface area (Å²) in [4.78, 5) is 43.6. The quantitative estimate of drug-likeness (QED) is 0.510. The summed E-state index contributed by atoms with van der Waals surface area (Å²) in [6.45, 7) is 3.28. The molecule has 0 saturated carbocycles. The number of nitrogens with one attached hydrogen (secondary N) is 1. The van der Waals surface area contributed by atoms with Crippen LogP contribution in [0.15, 0.2) is 47.8 Å². The highest BCUT2D eigenvalue weighted by atomic mass is 32.1. The van der Waals surface area contributed by atoms with Crippen molar-refractivity contribution >= 4 is 39.8 Å². The first-order valence-corrected chi connectivity index (χ1v) is 11.4. The van der Waals surface area contributed by atoms with E-state index in [-0.39, 0.29) is 24.1 Å². The fourth-order valence-electron chi connectivity index (χ4n) is 3.50. The van der Waals surface area contributed by atoms with Crippen molar-refractivity contribution in [3.05, 3.63) is 59.2 Å². The molecule has 3 aromatic rings. The number of thiazole rings is 1. The molecule has 1 atom stereocenters. The van der Waals surface area contributed by atoms with Crippen LogP contribution < -0.4 is 15.0 Å². The monoisotopic (exact) mass is 467 g/mol. The fourth-order valence-corrected chi connectivity index (χ4v) is 4.24. The number of halogens is 1. The number of carbonyl (C=O) groups excluding carboxylic acids is 3. The number of rotatable bonds is 7. The number of aromatic nitrogens is 1. The number of fused-ring (bicyclic) bond motifs is 1. The Balaban J connectivity index is 1.52. The molecule has 0 spiro atoms. The molecule has 0 fully saturated rings. The normalized spacial score (nSPS) is 15.1. The molecule has 7 nitrogen and oxygen atoms in total. The molecule has 1 aromatic heterocycles. The van der Waals surface area contributed by atoms with Crippen LogP contribution in [0.2, 0.25) is 0 Å². The molecule has 170 valence electrons. The van der Waals surface area contributed by atoms with E-state index in [9.17, 15) is 18.8 Å². The van der Waals surface area contributed by atoms with Crippen molar-refractivity contribution in [2.75, 3.05) is 16.8 Å². The van der Waals surface area contributed by atoms with Crippen LogP contribution in [0.1, 0.15) is 37.0 Å². The first-order chi connectivity index (χ1) is 15.9. The molecule has 1 aliphatic rings. The van der Waals surface area contributed by atoms with Gasteiger partial charge in [0.25, 0.3) is 5.91 Å². The predicted octanol–water partition coefficient (Wildman–Crippen LogP) is 4.68. The lowest BCUT2D eigenvalue weighted by Crippen LogP contribution is -2.47. The van der Waals surface area contributed by atoms with Gasteiger partial charge in [-0.25, -0.2) is 9.37 Å². The number of hydrogen-bond donors (Lipinski definition) is 1. The second kappa shape index (κ2) is 9.50. The molecule has 2 amide bonds. The summed E-state index contributed by atoms with van der Waals surface area (Å²) in [5.41, 5.74) is 2.19. The third kappa shape index (κ3) is 4.93. The van der Waals surface area contributed by atoms with Gasteiger partial charge in [0.1, 0.15) is 18.1 Å². The fraction of sp³-hybridized carbons (Fsp3) is 0.250. The molecule has 2 heterocycles. The van der Waals surface area contributed by atoms with E-state index in [0.29, 0.717) is 40.7 Å². The number of Topliss-reactive ketones (excluding diaryl/α,β-unsaturated/α-hetero) is 1. The largest absolute Gasteiger partial charge is 0.479 e. The maximum atomic E-state index is 13.1. The van der Waals surface area contributed by atoms with E-state index >= 15 is 0 Å². The molecule has 2 aromatic carbocycles. The minimum Gasteiger partial charge on any atom is -0.479 e. The summed E-state index contributed by atoms with van der Waals surface area (Å²) in [5, 5.41) is 4.82. The van der Waals surface area contributed by atoms with Crippen molar-refractivity contribution in [2.45, 2.75) is 32.8 Å². The van der Waals surface area contributed by atoms with Gasteiger partial charge in [-0.2, -0.15) is 0 Å². The Hall–Kier alpha value is -3.59. The molecule has 1 unspecified atom stereocenters. The van der Waals surface area contributed by atoms with E-state index in [0.717, 1.165) is 5.56 Å². The highest BCUT2D eigenvalue weighted by Gasteiger charge is 2.33. The summed E-state index contributed by atoms with van der Waals surface area (Å²) in [5.74, 6) is -0.744. The molecule has 0 saturated heterocycles. The van der Waals surface area contributed by atoms with E-state index in [1.807, 2.05) is 6.92 Å². The van der Waals surface area contributed by atoms with E-state index < -0.39 is 12.0 Å². The van der Waals surface area contributed by atoms with Gasteiger partial charge in [-0.15, -0.1) is 11.3 Å². The molecular weight excluding hydrogens is 445 g/mol. The number of anilines is 2. The zero-order valence-corrected chi connectivity index (χ0v) is 18.9. The van der Waals surface area contributed by atoms with Gasteiger partial charge in [-0.3, -0.25) is 19.3 Å². The van der Waals surface area contributed by atoms with Crippen LogP contribution >= 0.6 is 11.3 Å². The zero-order chi connectivity index (χ0) is 23.5. The molecule has 0 bridgehead atoms. The summed E-state index contributed by atoms with van der Waals surface area (Å²) in [6.07, 6.45) is 0.347. The predicted molar refractivity (Wildman–Crippen MR) is 124 cm³/mol. The van der Waals surface area contributed by atoms with Crippen molar-refractivity contribution in [3.63, 3.8) is 0 Å². The Morgan fingerprint density at radius 2 is 1.97 bits per heavy atom. The highest BCUT2D eigenvalue weighted by molar-refractivity contribution is 7.14. The van der Waals surface area contributed by atoms with Crippen LogP contribution in [0.25, 0.3) is 11.3 Å². The van der Waals surface area contributed by atoms with Crippen molar-refractivity contribution in [1.29, 1.82) is 0 Å². The summed E-state index contributed by atoms with van der Waals surface area (Å²) in [6, 6.07) is 10.8. The van der Waals surface area contributed by atoms with Crippen LogP contribution in [0, 0.1) is 5.82 Å². The lowest BCUT2D eigenvalue weighted by atomic mass is 10.0. The Labute approximate surface area is 194 Å². The zero-order valence-electron chi connectivity index (χ0n) is 18.1. The van der Waals surface area contributed by atoms with Gasteiger partial charge in [0.2, 0.25) is 5.91 Å². The minimum atomic E-state index is -0.757. The van der Waals surface area contributed by atoms with Crippen LogP contribution in [0.4, 0.5) is 15.2 Å². The van der Waals surface area contributed by atoms with Gasteiger partial charge >= 0.3 is 0 Å². The first-order valence-electron chi connectivity index (χ1n) is 10.5. The molecule has 1 N–H and O–H groups in total. The van der Waals surface area contributed by atoms with Gasteiger partial charge in [0.15, 0.2) is 17.0 Å². The third-order valence-electron chi connectivity index (χ3n) is 5.16. The van der Waals surface area contributed by atoms with Crippen LogP contribution in [-0.4, -0.2) is 35.2 Å². The maximum absolute atomic E-state index is 13.1. The van der Waals surface area contributed by atoms with Gasteiger partial charge in [0.05, 0.1) is 11.4 Å². The second-order valence-corrected chi connectivity index (χ2v) is 8.49. The van der Waals surface area contributed by atoms with Crippen molar-refractivity contribution in [1.82, 2.24) is 4.98 Å². The standard InChI is InChI=1S/C24H22FN3O4S/c1-3-4-20(29)16-7-10-21-19(11-16)28(23(31)14(2)32-21)12-22(30)27-24-26-18(13-33-24)15-5-8-17(25)9-6-15/h5-11,13-14H,3-4,12H2,1-2H3,(H,26,27,30). The third-order valence-corrected chi connectivity index (χ3v) is 5.92. The first kappa shape index (κ1) is 22.6. The Bertz CT molecular complexity index is 1210. The maximum Gasteiger partial charge on any atom is 0.268 e. The molecule has 0 aliphatic carbocycles. The Morgan fingerprint density at radius 3 is 2.70 bits per heavy atom. The number of benzene rings is 2. The number of amides is 2. The Kier molecular flexibility index (Phi) is 6.50. The van der Waals surface area contributed by atoms with Crippen molar-refractivity contribution in [2.24, 2.45) is 0 Å². The number of ether oxygens (including phenoxy) is 1. The number of carbonyl (C=O) groups is 3. The molecule has 4 rings (SSSR count). The Morgan fingerprint density at radius 1 is 1.21 bits per heavy atom. The van der Waals surface area contributed by atoms with Gasteiger partial charge in [-0.05, 0) is 55.8 Å². The summed E-state index contributed by atoms with van der Waals surface area (Å²) < 4.78 is 18.8. The molecular formula is C24H22FN3O4S. The highest BCUT2D eigenvalue weighted by Crippen LogP contribution is 2.35. The smallest absolute Gasteiger partial charge is 0.268 e. The lowest BCUT2D eigenvalue weighted by Gasteiger charge is -2.32. The molecule has 1 aliphatic heterocycles. The average Bonchev–Trinajstić information content (AvgIpc) is 3.25.